The number of sulfonamides is 1. The molecule has 0 unspecified atom stereocenters. The Balaban J connectivity index is 1.58. The summed E-state index contributed by atoms with van der Waals surface area (Å²) in [5.74, 6) is -1.38. The largest absolute Gasteiger partial charge is 0.510 e. The number of carbonyl (C=O) groups is 2. The highest BCUT2D eigenvalue weighted by Gasteiger charge is 2.35. The molecule has 0 bridgehead atoms. The first-order chi connectivity index (χ1) is 29.8. The van der Waals surface area contributed by atoms with Gasteiger partial charge in [0, 0.05) is 12.4 Å². The Morgan fingerprint density at radius 2 is 1.45 bits per heavy atom. The maximum Gasteiger partial charge on any atom is 0.510 e. The van der Waals surface area contributed by atoms with Crippen molar-refractivity contribution in [1.82, 2.24) is 19.9 Å². The molecule has 0 N–H and O–H groups in total. The Morgan fingerprint density at radius 3 is 2.15 bits per heavy atom. The van der Waals surface area contributed by atoms with Gasteiger partial charge in [0.15, 0.2) is 29.9 Å². The fraction of sp³-hybridized carbons (Fsp3) is 0.349. The fourth-order valence-corrected chi connectivity index (χ4v) is 7.06. The zero-order valence-electron chi connectivity index (χ0n) is 34.9. The second-order valence-electron chi connectivity index (χ2n) is 14.2. The van der Waals surface area contributed by atoms with E-state index in [1.54, 1.807) is 65.5 Å². The third-order valence-corrected chi connectivity index (χ3v) is 11.0. The summed E-state index contributed by atoms with van der Waals surface area (Å²) in [6.07, 6.45) is 2.55. The standard InChI is InChI=1S/C43H48IN5O12S/c1-6-30-11-9-12-31(27-30)28-36(50)56-24-25-57-41-37(61-35-14-8-7-13-34(35)54-5)40(47-39(48-41)38-45-19-10-20-46-38)49(29-59-42(51)58-23-21-55-22-26-60-44)62(52,53)33-17-15-32(16-18-33)43(2,3)4/h7-20,27H,6,21-26,28-29H2,1-5H3. The van der Waals surface area contributed by atoms with Crippen LogP contribution in [0.25, 0.3) is 11.6 Å². The predicted octanol–water partition coefficient (Wildman–Crippen LogP) is 7.45. The van der Waals surface area contributed by atoms with Crippen LogP contribution in [0.1, 0.15) is 44.4 Å². The van der Waals surface area contributed by atoms with Crippen molar-refractivity contribution in [3.05, 3.63) is 108 Å². The van der Waals surface area contributed by atoms with Crippen LogP contribution in [0.2, 0.25) is 0 Å². The molecule has 19 heteroatoms. The first-order valence-electron chi connectivity index (χ1n) is 19.4. The molecule has 2 heterocycles. The normalized spacial score (nSPS) is 11.4. The van der Waals surface area contributed by atoms with Crippen molar-refractivity contribution < 1.29 is 54.2 Å². The number of anilines is 1. The Bertz CT molecular complexity index is 2350. The number of methoxy groups -OCH3 is 1. The Hall–Kier alpha value is -5.64. The van der Waals surface area contributed by atoms with E-state index in [9.17, 15) is 18.0 Å². The summed E-state index contributed by atoms with van der Waals surface area (Å²) in [5.41, 5.74) is 2.45. The summed E-state index contributed by atoms with van der Waals surface area (Å²) in [6, 6.07) is 22.1. The first kappa shape index (κ1) is 47.4. The summed E-state index contributed by atoms with van der Waals surface area (Å²) >= 11 is 1.73. The molecule has 0 aliphatic carbocycles. The highest BCUT2D eigenvalue weighted by atomic mass is 127. The number of ether oxygens (including phenoxy) is 7. The number of hydrogen-bond donors (Lipinski definition) is 0. The molecule has 62 heavy (non-hydrogen) atoms. The molecule has 0 spiro atoms. The van der Waals surface area contributed by atoms with Gasteiger partial charge in [-0.1, -0.05) is 76.2 Å². The molecule has 5 rings (SSSR count). The number of aryl methyl sites for hydroxylation is 1. The van der Waals surface area contributed by atoms with E-state index in [0.29, 0.717) is 10.9 Å². The zero-order valence-corrected chi connectivity index (χ0v) is 37.9. The molecule has 3 aromatic carbocycles. The van der Waals surface area contributed by atoms with Gasteiger partial charge >= 0.3 is 12.1 Å². The van der Waals surface area contributed by atoms with Crippen molar-refractivity contribution >= 4 is 51.0 Å². The molecule has 0 atom stereocenters. The van der Waals surface area contributed by atoms with Gasteiger partial charge in [0.25, 0.3) is 15.9 Å². The molecule has 0 aliphatic heterocycles. The topological polar surface area (TPSA) is 197 Å². The second-order valence-corrected chi connectivity index (χ2v) is 16.7. The van der Waals surface area contributed by atoms with E-state index in [-0.39, 0.29) is 84.5 Å². The van der Waals surface area contributed by atoms with Crippen molar-refractivity contribution in [2.24, 2.45) is 0 Å². The van der Waals surface area contributed by atoms with Crippen LogP contribution in [0.15, 0.2) is 96.2 Å². The van der Waals surface area contributed by atoms with E-state index >= 15 is 0 Å². The van der Waals surface area contributed by atoms with Crippen molar-refractivity contribution in [3.8, 4) is 34.8 Å². The van der Waals surface area contributed by atoms with Gasteiger partial charge in [0.2, 0.25) is 11.6 Å². The summed E-state index contributed by atoms with van der Waals surface area (Å²) in [6.45, 7) is 6.99. The van der Waals surface area contributed by atoms with E-state index in [1.165, 1.54) is 31.6 Å². The highest BCUT2D eigenvalue weighted by Crippen LogP contribution is 2.43. The van der Waals surface area contributed by atoms with Crippen LogP contribution in [-0.2, 0) is 55.1 Å². The van der Waals surface area contributed by atoms with Crippen LogP contribution >= 0.6 is 23.0 Å². The quantitative estimate of drug-likeness (QED) is 0.0287. The number of hydrogen-bond acceptors (Lipinski definition) is 16. The van der Waals surface area contributed by atoms with E-state index in [1.807, 2.05) is 52.0 Å². The lowest BCUT2D eigenvalue weighted by atomic mass is 9.87. The van der Waals surface area contributed by atoms with Crippen molar-refractivity contribution in [1.29, 1.82) is 0 Å². The molecule has 0 amide bonds. The van der Waals surface area contributed by atoms with Gasteiger partial charge in [-0.25, -0.2) is 32.5 Å². The molecule has 17 nitrogen and oxygen atoms in total. The average molecular weight is 986 g/mol. The molecule has 0 saturated carbocycles. The lowest BCUT2D eigenvalue weighted by molar-refractivity contribution is -0.143. The molecule has 5 aromatic rings. The highest BCUT2D eigenvalue weighted by molar-refractivity contribution is 14.1. The number of benzene rings is 3. The summed E-state index contributed by atoms with van der Waals surface area (Å²) < 4.78 is 74.9. The lowest BCUT2D eigenvalue weighted by Crippen LogP contribution is -2.36. The zero-order chi connectivity index (χ0) is 44.5. The fourth-order valence-electron chi connectivity index (χ4n) is 5.60. The van der Waals surface area contributed by atoms with Crippen LogP contribution < -0.4 is 18.5 Å². The van der Waals surface area contributed by atoms with Crippen LogP contribution in [0, 0.1) is 0 Å². The minimum atomic E-state index is -4.67. The molecule has 0 saturated heterocycles. The number of halogens is 1. The average Bonchev–Trinajstić information content (AvgIpc) is 3.27. The van der Waals surface area contributed by atoms with Gasteiger partial charge in [-0.3, -0.25) is 4.79 Å². The van der Waals surface area contributed by atoms with Crippen LogP contribution in [-0.4, -0.2) is 94.0 Å². The summed E-state index contributed by atoms with van der Waals surface area (Å²) in [7, 11) is -3.24. The van der Waals surface area contributed by atoms with Crippen molar-refractivity contribution in [2.75, 3.05) is 57.8 Å². The lowest BCUT2D eigenvalue weighted by Gasteiger charge is -2.26. The summed E-state index contributed by atoms with van der Waals surface area (Å²) in [5, 5.41) is 0. The number of carbonyl (C=O) groups excluding carboxylic acids is 2. The second kappa shape index (κ2) is 23.0. The molecule has 0 fully saturated rings. The number of nitrogens with zero attached hydrogens (tertiary/aromatic N) is 5. The number of aromatic nitrogens is 4. The van der Waals surface area contributed by atoms with Gasteiger partial charge in [0.05, 0.1) is 38.2 Å². The Labute approximate surface area is 374 Å². The summed E-state index contributed by atoms with van der Waals surface area (Å²) in [4.78, 5) is 43.4. The Kier molecular flexibility index (Phi) is 17.6. The predicted molar refractivity (Wildman–Crippen MR) is 235 cm³/mol. The van der Waals surface area contributed by atoms with E-state index in [0.717, 1.165) is 23.1 Å². The maximum absolute atomic E-state index is 14.9. The monoisotopic (exact) mass is 985 g/mol. The van der Waals surface area contributed by atoms with Crippen LogP contribution in [0.4, 0.5) is 10.6 Å². The maximum atomic E-state index is 14.9. The van der Waals surface area contributed by atoms with E-state index in [4.69, 9.17) is 36.2 Å². The Morgan fingerprint density at radius 1 is 0.758 bits per heavy atom. The smallest absolute Gasteiger partial charge is 0.493 e. The molecule has 2 aromatic heterocycles. The number of para-hydroxylation sites is 2. The van der Waals surface area contributed by atoms with E-state index in [2.05, 4.69) is 19.9 Å². The van der Waals surface area contributed by atoms with Crippen LogP contribution in [0.3, 0.4) is 0 Å². The SMILES string of the molecule is CCc1cccc(CC(=O)OCCOc2nc(-c3ncccn3)nc(N(COC(=O)OCCOCCOI)S(=O)(=O)c3ccc(C(C)(C)C)cc3)c2Oc2ccccc2OC)c1. The van der Waals surface area contributed by atoms with Gasteiger partial charge in [-0.2, -0.15) is 4.98 Å². The van der Waals surface area contributed by atoms with Gasteiger partial charge in [-0.15, -0.1) is 0 Å². The first-order valence-corrected chi connectivity index (χ1v) is 21.8. The van der Waals surface area contributed by atoms with Crippen molar-refractivity contribution in [3.63, 3.8) is 0 Å². The number of rotatable bonds is 22. The molecule has 0 radical (unpaired) electrons. The minimum absolute atomic E-state index is 0.0108. The number of esters is 1. The molecular formula is C43H48IN5O12S. The molecular weight excluding hydrogens is 937 g/mol. The van der Waals surface area contributed by atoms with Gasteiger partial charge < -0.3 is 36.2 Å². The molecule has 330 valence electrons. The minimum Gasteiger partial charge on any atom is -0.493 e. The van der Waals surface area contributed by atoms with E-state index < -0.39 is 34.7 Å². The third-order valence-electron chi connectivity index (χ3n) is 8.79. The van der Waals surface area contributed by atoms with Gasteiger partial charge in [0.1, 0.15) is 42.8 Å². The third kappa shape index (κ3) is 13.4. The van der Waals surface area contributed by atoms with Crippen molar-refractivity contribution in [2.45, 2.75) is 50.8 Å². The van der Waals surface area contributed by atoms with Crippen LogP contribution in [0.5, 0.6) is 23.1 Å². The molecule has 0 aliphatic rings. The van der Waals surface area contributed by atoms with Gasteiger partial charge in [-0.05, 0) is 58.9 Å².